The maximum Gasteiger partial charge on any atom is 0.261 e. The summed E-state index contributed by atoms with van der Waals surface area (Å²) in [6.07, 6.45) is 0. The highest BCUT2D eigenvalue weighted by molar-refractivity contribution is 7.92. The second-order valence-electron chi connectivity index (χ2n) is 9.17. The van der Waals surface area contributed by atoms with Gasteiger partial charge >= 0.3 is 0 Å². The van der Waals surface area contributed by atoms with Gasteiger partial charge in [0.05, 0.1) is 16.7 Å². The van der Waals surface area contributed by atoms with Crippen LogP contribution in [0, 0.1) is 11.6 Å². The number of nitrogens with one attached hydrogen (secondary N) is 2. The summed E-state index contributed by atoms with van der Waals surface area (Å²) in [6.45, 7) is 3.95. The number of halogens is 3. The molecule has 1 aliphatic rings. The minimum Gasteiger partial charge on any atom is -0.497 e. The first-order valence-corrected chi connectivity index (χ1v) is 14.8. The third kappa shape index (κ3) is 7.22. The molecule has 2 heterocycles. The van der Waals surface area contributed by atoms with Crippen LogP contribution in [0.3, 0.4) is 0 Å². The number of anilines is 2. The average molecular weight is 624 g/mol. The van der Waals surface area contributed by atoms with Crippen molar-refractivity contribution in [2.45, 2.75) is 4.90 Å². The van der Waals surface area contributed by atoms with Crippen LogP contribution in [0.15, 0.2) is 65.6 Å². The van der Waals surface area contributed by atoms with Gasteiger partial charge in [0, 0.05) is 56.6 Å². The first-order valence-electron chi connectivity index (χ1n) is 12.5. The first-order chi connectivity index (χ1) is 19.2. The third-order valence-corrected chi connectivity index (χ3v) is 8.99. The number of benzene rings is 3. The number of aromatic nitrogens is 1. The highest BCUT2D eigenvalue weighted by Crippen LogP contribution is 2.31. The largest absolute Gasteiger partial charge is 0.497 e. The number of rotatable bonds is 9. The molecule has 14 heteroatoms. The molecule has 9 nitrogen and oxygen atoms in total. The Bertz CT molecular complexity index is 1610. The second kappa shape index (κ2) is 13.0. The molecule has 0 saturated carbocycles. The van der Waals surface area contributed by atoms with Gasteiger partial charge in [-0.2, -0.15) is 0 Å². The standard InChI is InChI=1S/C27H27F2N5O4S2.ClH/c1-38-21-6-8-22(9-7-21)40(36,37)32-20-4-2-18(3-5-20)26(35)30-10-11-33-12-14-34(15-13-33)27-31-25-23(29)16-19(28)17-24(25)39-27;/h2-9,16-17,32H,10-15H2,1H3,(H,30,35);1H. The number of carbonyl (C=O) groups excluding carboxylic acids is 1. The zero-order valence-corrected chi connectivity index (χ0v) is 24.4. The van der Waals surface area contributed by atoms with E-state index in [4.69, 9.17) is 4.74 Å². The summed E-state index contributed by atoms with van der Waals surface area (Å²) in [5, 5.41) is 3.56. The van der Waals surface area contributed by atoms with Crippen LogP contribution in [-0.4, -0.2) is 70.6 Å². The molecule has 1 aliphatic heterocycles. The van der Waals surface area contributed by atoms with E-state index in [9.17, 15) is 22.0 Å². The van der Waals surface area contributed by atoms with Crippen molar-refractivity contribution in [1.82, 2.24) is 15.2 Å². The Morgan fingerprint density at radius 2 is 1.71 bits per heavy atom. The number of thiazole rings is 1. The molecule has 0 bridgehead atoms. The first kappa shape index (κ1) is 30.4. The molecule has 5 rings (SSSR count). The number of nitrogens with zero attached hydrogens (tertiary/aromatic N) is 3. The number of sulfonamides is 1. The van der Waals surface area contributed by atoms with Gasteiger partial charge in [-0.15, -0.1) is 12.4 Å². The highest BCUT2D eigenvalue weighted by atomic mass is 35.5. The molecule has 0 unspecified atom stereocenters. The fourth-order valence-electron chi connectivity index (χ4n) is 4.33. The van der Waals surface area contributed by atoms with Crippen molar-refractivity contribution in [3.63, 3.8) is 0 Å². The molecule has 4 aromatic rings. The number of amides is 1. The van der Waals surface area contributed by atoms with E-state index in [2.05, 4.69) is 24.8 Å². The lowest BCUT2D eigenvalue weighted by atomic mass is 10.2. The molecule has 3 aromatic carbocycles. The summed E-state index contributed by atoms with van der Waals surface area (Å²) in [5.41, 5.74) is 0.942. The van der Waals surface area contributed by atoms with E-state index < -0.39 is 21.7 Å². The van der Waals surface area contributed by atoms with E-state index in [1.165, 1.54) is 48.8 Å². The summed E-state index contributed by atoms with van der Waals surface area (Å²) in [7, 11) is -2.28. The molecule has 1 amide bonds. The number of piperazine rings is 1. The summed E-state index contributed by atoms with van der Waals surface area (Å²) < 4.78 is 60.8. The number of hydrogen-bond acceptors (Lipinski definition) is 8. The average Bonchev–Trinajstić information content (AvgIpc) is 3.38. The van der Waals surface area contributed by atoms with Crippen LogP contribution in [0.5, 0.6) is 5.75 Å². The van der Waals surface area contributed by atoms with E-state index in [1.54, 1.807) is 24.3 Å². The zero-order valence-electron chi connectivity index (χ0n) is 22.0. The van der Waals surface area contributed by atoms with Gasteiger partial charge in [0.15, 0.2) is 10.9 Å². The summed E-state index contributed by atoms with van der Waals surface area (Å²) >= 11 is 1.27. The molecule has 1 aromatic heterocycles. The van der Waals surface area contributed by atoms with Gasteiger partial charge in [0.1, 0.15) is 17.1 Å². The van der Waals surface area contributed by atoms with Gasteiger partial charge < -0.3 is 15.0 Å². The second-order valence-corrected chi connectivity index (χ2v) is 11.9. The Morgan fingerprint density at radius 3 is 2.37 bits per heavy atom. The van der Waals surface area contributed by atoms with Crippen molar-refractivity contribution >= 4 is 60.7 Å². The Morgan fingerprint density at radius 1 is 1.02 bits per heavy atom. The molecule has 0 atom stereocenters. The van der Waals surface area contributed by atoms with Crippen LogP contribution in [0.1, 0.15) is 10.4 Å². The predicted molar refractivity (Wildman–Crippen MR) is 158 cm³/mol. The van der Waals surface area contributed by atoms with Crippen LogP contribution in [0.4, 0.5) is 19.6 Å². The van der Waals surface area contributed by atoms with Gasteiger partial charge in [0.25, 0.3) is 15.9 Å². The SMILES string of the molecule is COc1ccc(S(=O)(=O)Nc2ccc(C(=O)NCCN3CCN(c4nc5c(F)cc(F)cc5s4)CC3)cc2)cc1.Cl. The van der Waals surface area contributed by atoms with E-state index in [0.717, 1.165) is 19.2 Å². The van der Waals surface area contributed by atoms with Crippen LogP contribution >= 0.6 is 23.7 Å². The molecule has 0 spiro atoms. The number of ether oxygens (including phenoxy) is 1. The van der Waals surface area contributed by atoms with E-state index >= 15 is 0 Å². The summed E-state index contributed by atoms with van der Waals surface area (Å²) in [5.74, 6) is -0.974. The minimum absolute atomic E-state index is 0. The molecule has 218 valence electrons. The molecular formula is C27H28ClF2N5O4S2. The summed E-state index contributed by atoms with van der Waals surface area (Å²) in [4.78, 5) is 21.3. The number of fused-ring (bicyclic) bond motifs is 1. The van der Waals surface area contributed by atoms with Crippen LogP contribution in [0.25, 0.3) is 10.2 Å². The number of hydrogen-bond donors (Lipinski definition) is 2. The lowest BCUT2D eigenvalue weighted by Gasteiger charge is -2.34. The smallest absolute Gasteiger partial charge is 0.261 e. The van der Waals surface area contributed by atoms with Gasteiger partial charge in [-0.25, -0.2) is 22.2 Å². The van der Waals surface area contributed by atoms with Gasteiger partial charge in [-0.1, -0.05) is 11.3 Å². The van der Waals surface area contributed by atoms with E-state index in [0.29, 0.717) is 53.0 Å². The number of carbonyl (C=O) groups is 1. The fourth-order valence-corrected chi connectivity index (χ4v) is 6.45. The van der Waals surface area contributed by atoms with Gasteiger partial charge in [0.2, 0.25) is 0 Å². The van der Waals surface area contributed by atoms with Crippen LogP contribution < -0.4 is 19.7 Å². The van der Waals surface area contributed by atoms with Crippen LogP contribution in [-0.2, 0) is 10.0 Å². The molecule has 41 heavy (non-hydrogen) atoms. The number of methoxy groups -OCH3 is 1. The van der Waals surface area contributed by atoms with Crippen molar-refractivity contribution in [1.29, 1.82) is 0 Å². The molecule has 0 radical (unpaired) electrons. The molecule has 1 fully saturated rings. The highest BCUT2D eigenvalue weighted by Gasteiger charge is 2.21. The van der Waals surface area contributed by atoms with Crippen molar-refractivity contribution < 1.29 is 26.7 Å². The van der Waals surface area contributed by atoms with Crippen molar-refractivity contribution in [2.75, 3.05) is 56.0 Å². The van der Waals surface area contributed by atoms with E-state index in [-0.39, 0.29) is 28.7 Å². The maximum atomic E-state index is 14.0. The summed E-state index contributed by atoms with van der Waals surface area (Å²) in [6, 6.07) is 14.4. The van der Waals surface area contributed by atoms with Crippen molar-refractivity contribution in [3.05, 3.63) is 77.9 Å². The monoisotopic (exact) mass is 623 g/mol. The van der Waals surface area contributed by atoms with Crippen LogP contribution in [0.2, 0.25) is 0 Å². The fraction of sp³-hybridized carbons (Fsp3) is 0.259. The predicted octanol–water partition coefficient (Wildman–Crippen LogP) is 4.36. The Balaban J connectivity index is 0.00000387. The van der Waals surface area contributed by atoms with Crippen molar-refractivity contribution in [3.8, 4) is 5.75 Å². The molecular weight excluding hydrogens is 596 g/mol. The Kier molecular flexibility index (Phi) is 9.64. The topological polar surface area (TPSA) is 104 Å². The third-order valence-electron chi connectivity index (χ3n) is 6.53. The molecule has 0 aliphatic carbocycles. The van der Waals surface area contributed by atoms with E-state index in [1.807, 2.05) is 0 Å². The Labute approximate surface area is 246 Å². The molecule has 1 saturated heterocycles. The molecule has 2 N–H and O–H groups in total. The van der Waals surface area contributed by atoms with Crippen molar-refractivity contribution in [2.24, 2.45) is 0 Å². The lowest BCUT2D eigenvalue weighted by Crippen LogP contribution is -2.48. The maximum absolute atomic E-state index is 14.0. The normalized spacial score (nSPS) is 14.0. The minimum atomic E-state index is -3.78. The zero-order chi connectivity index (χ0) is 28.3. The Hall–Kier alpha value is -3.52. The quantitative estimate of drug-likeness (QED) is 0.286. The van der Waals surface area contributed by atoms with Gasteiger partial charge in [-0.3, -0.25) is 14.4 Å². The lowest BCUT2D eigenvalue weighted by molar-refractivity contribution is 0.0947. The van der Waals surface area contributed by atoms with Gasteiger partial charge in [-0.05, 0) is 54.6 Å².